The molecule has 2 aliphatic heterocycles. The summed E-state index contributed by atoms with van der Waals surface area (Å²) in [4.78, 5) is 19.2. The minimum Gasteiger partial charge on any atom is -0.377 e. The molecule has 0 bridgehead atoms. The fourth-order valence-corrected chi connectivity index (χ4v) is 4.89. The number of aryl methyl sites for hydroxylation is 1. The first-order chi connectivity index (χ1) is 13.6. The van der Waals surface area contributed by atoms with Crippen LogP contribution in [-0.4, -0.2) is 60.8 Å². The number of aromatic nitrogens is 1. The Labute approximate surface area is 169 Å². The summed E-state index contributed by atoms with van der Waals surface area (Å²) in [6.07, 6.45) is 3.07. The van der Waals surface area contributed by atoms with Crippen molar-refractivity contribution in [2.24, 2.45) is 0 Å². The molecule has 7 heteroatoms. The molecule has 1 amide bonds. The summed E-state index contributed by atoms with van der Waals surface area (Å²) in [5.74, 6) is -0.0389. The Morgan fingerprint density at radius 1 is 1.39 bits per heavy atom. The molecule has 2 atom stereocenters. The number of ether oxygens (including phenoxy) is 2. The topological polar surface area (TPSA) is 63.7 Å². The number of hydrogen-bond acceptors (Lipinski definition) is 6. The van der Waals surface area contributed by atoms with Gasteiger partial charge in [0.15, 0.2) is 5.13 Å². The van der Waals surface area contributed by atoms with E-state index in [9.17, 15) is 4.79 Å². The van der Waals surface area contributed by atoms with Crippen molar-refractivity contribution < 1.29 is 14.3 Å². The summed E-state index contributed by atoms with van der Waals surface area (Å²) in [5.41, 5.74) is 3.01. The highest BCUT2D eigenvalue weighted by Crippen LogP contribution is 2.37. The van der Waals surface area contributed by atoms with Crippen molar-refractivity contribution in [3.05, 3.63) is 35.2 Å². The Kier molecular flexibility index (Phi) is 5.78. The highest BCUT2D eigenvalue weighted by Gasteiger charge is 2.46. The van der Waals surface area contributed by atoms with Gasteiger partial charge in [0.25, 0.3) is 0 Å². The van der Waals surface area contributed by atoms with Crippen LogP contribution in [0.2, 0.25) is 0 Å². The molecule has 2 aliphatic rings. The molecule has 150 valence electrons. The van der Waals surface area contributed by atoms with Gasteiger partial charge < -0.3 is 14.8 Å². The number of carbonyl (C=O) groups excluding carboxylic acids is 1. The third kappa shape index (κ3) is 4.12. The van der Waals surface area contributed by atoms with Crippen LogP contribution in [0.5, 0.6) is 0 Å². The number of hydrogen-bond donors (Lipinski definition) is 1. The Bertz CT molecular complexity index is 815. The maximum atomic E-state index is 12.5. The number of rotatable bonds is 5. The molecule has 3 heterocycles. The molecular weight excluding hydrogens is 374 g/mol. The van der Waals surface area contributed by atoms with Gasteiger partial charge in [-0.2, -0.15) is 0 Å². The number of methoxy groups -OCH3 is 1. The number of nitrogens with one attached hydrogen (secondary N) is 1. The van der Waals surface area contributed by atoms with Crippen molar-refractivity contribution in [1.82, 2.24) is 9.88 Å². The zero-order valence-corrected chi connectivity index (χ0v) is 17.3. The lowest BCUT2D eigenvalue weighted by atomic mass is 9.86. The van der Waals surface area contributed by atoms with E-state index in [4.69, 9.17) is 9.47 Å². The molecule has 2 aromatic rings. The Morgan fingerprint density at radius 2 is 2.21 bits per heavy atom. The molecule has 2 saturated heterocycles. The third-order valence-corrected chi connectivity index (χ3v) is 6.50. The van der Waals surface area contributed by atoms with E-state index in [0.29, 0.717) is 11.7 Å². The number of carbonyl (C=O) groups is 1. The van der Waals surface area contributed by atoms with Gasteiger partial charge in [0.05, 0.1) is 23.9 Å². The molecule has 0 unspecified atom stereocenters. The normalized spacial score (nSPS) is 25.3. The molecule has 4 rings (SSSR count). The SMILES string of the molecule is CO[C@H]1CN(CC(=O)Nc2nc(-c3ccc(C)cc3)cs2)CC[C@@]12CCCO2. The van der Waals surface area contributed by atoms with Gasteiger partial charge in [-0.05, 0) is 26.2 Å². The predicted octanol–water partition coefficient (Wildman–Crippen LogP) is 3.33. The van der Waals surface area contributed by atoms with Gasteiger partial charge >= 0.3 is 0 Å². The lowest BCUT2D eigenvalue weighted by Crippen LogP contribution is -2.57. The molecule has 6 nitrogen and oxygen atoms in total. The third-order valence-electron chi connectivity index (χ3n) is 5.75. The number of likely N-dealkylation sites (tertiary alicyclic amines) is 1. The highest BCUT2D eigenvalue weighted by atomic mass is 32.1. The minimum absolute atomic E-state index is 0.0181. The van der Waals surface area contributed by atoms with Crippen LogP contribution in [0.3, 0.4) is 0 Å². The average molecular weight is 402 g/mol. The van der Waals surface area contributed by atoms with Crippen molar-refractivity contribution >= 4 is 22.4 Å². The van der Waals surface area contributed by atoms with E-state index in [1.165, 1.54) is 16.9 Å². The van der Waals surface area contributed by atoms with Gasteiger partial charge in [-0.25, -0.2) is 4.98 Å². The van der Waals surface area contributed by atoms with E-state index in [1.54, 1.807) is 7.11 Å². The fourth-order valence-electron chi connectivity index (χ4n) is 4.15. The largest absolute Gasteiger partial charge is 0.377 e. The van der Waals surface area contributed by atoms with E-state index in [0.717, 1.165) is 50.2 Å². The monoisotopic (exact) mass is 401 g/mol. The number of anilines is 1. The average Bonchev–Trinajstić information content (AvgIpc) is 3.34. The zero-order chi connectivity index (χ0) is 19.6. The molecule has 0 saturated carbocycles. The second-order valence-electron chi connectivity index (χ2n) is 7.68. The first kappa shape index (κ1) is 19.5. The first-order valence-electron chi connectivity index (χ1n) is 9.79. The van der Waals surface area contributed by atoms with Crippen LogP contribution in [0.25, 0.3) is 11.3 Å². The van der Waals surface area contributed by atoms with Crippen molar-refractivity contribution in [2.75, 3.05) is 38.7 Å². The van der Waals surface area contributed by atoms with Gasteiger partial charge in [-0.3, -0.25) is 9.69 Å². The minimum atomic E-state index is -0.153. The van der Waals surface area contributed by atoms with Crippen molar-refractivity contribution in [2.45, 2.75) is 37.9 Å². The number of thiazole rings is 1. The quantitative estimate of drug-likeness (QED) is 0.833. The molecule has 1 N–H and O–H groups in total. The molecule has 1 spiro atoms. The highest BCUT2D eigenvalue weighted by molar-refractivity contribution is 7.14. The van der Waals surface area contributed by atoms with E-state index in [-0.39, 0.29) is 17.6 Å². The summed E-state index contributed by atoms with van der Waals surface area (Å²) in [7, 11) is 1.74. The predicted molar refractivity (Wildman–Crippen MR) is 111 cm³/mol. The van der Waals surface area contributed by atoms with Crippen molar-refractivity contribution in [3.63, 3.8) is 0 Å². The van der Waals surface area contributed by atoms with Crippen LogP contribution in [0.1, 0.15) is 24.8 Å². The van der Waals surface area contributed by atoms with Crippen LogP contribution in [0.4, 0.5) is 5.13 Å². The molecule has 2 fully saturated rings. The summed E-state index contributed by atoms with van der Waals surface area (Å²) >= 11 is 1.45. The molecule has 1 aromatic heterocycles. The van der Waals surface area contributed by atoms with Gasteiger partial charge in [0, 0.05) is 37.7 Å². The van der Waals surface area contributed by atoms with E-state index in [2.05, 4.69) is 46.4 Å². The number of amides is 1. The Morgan fingerprint density at radius 3 is 2.93 bits per heavy atom. The smallest absolute Gasteiger partial charge is 0.240 e. The van der Waals surface area contributed by atoms with Gasteiger partial charge in [0.1, 0.15) is 0 Å². The van der Waals surface area contributed by atoms with Crippen LogP contribution >= 0.6 is 11.3 Å². The van der Waals surface area contributed by atoms with Crippen LogP contribution < -0.4 is 5.32 Å². The second-order valence-corrected chi connectivity index (χ2v) is 8.54. The van der Waals surface area contributed by atoms with Crippen molar-refractivity contribution in [1.29, 1.82) is 0 Å². The summed E-state index contributed by atoms with van der Waals surface area (Å²) in [6, 6.07) is 8.23. The maximum Gasteiger partial charge on any atom is 0.240 e. The van der Waals surface area contributed by atoms with E-state index >= 15 is 0 Å². The summed E-state index contributed by atoms with van der Waals surface area (Å²) in [5, 5.41) is 5.55. The molecule has 1 aromatic carbocycles. The standard InChI is InChI=1S/C21H27N3O3S/c1-15-4-6-16(7-5-15)17-14-28-20(22-17)23-19(25)13-24-10-9-21(8-3-11-27-21)18(12-24)26-2/h4-7,14,18H,3,8-13H2,1-2H3,(H,22,23,25)/t18-,21-/m0/s1. The number of nitrogens with zero attached hydrogens (tertiary/aromatic N) is 2. The second kappa shape index (κ2) is 8.29. The Hall–Kier alpha value is -1.80. The van der Waals surface area contributed by atoms with Crippen LogP contribution in [-0.2, 0) is 14.3 Å². The number of benzene rings is 1. The van der Waals surface area contributed by atoms with Gasteiger partial charge in [-0.1, -0.05) is 29.8 Å². The lowest BCUT2D eigenvalue weighted by Gasteiger charge is -2.44. The van der Waals surface area contributed by atoms with Crippen LogP contribution in [0, 0.1) is 6.92 Å². The molecule has 0 radical (unpaired) electrons. The van der Waals surface area contributed by atoms with E-state index < -0.39 is 0 Å². The van der Waals surface area contributed by atoms with Crippen molar-refractivity contribution in [3.8, 4) is 11.3 Å². The summed E-state index contributed by atoms with van der Waals surface area (Å²) in [6.45, 7) is 4.78. The maximum absolute atomic E-state index is 12.5. The van der Waals surface area contributed by atoms with Gasteiger partial charge in [0.2, 0.25) is 5.91 Å². The molecular formula is C21H27N3O3S. The van der Waals surface area contributed by atoms with Gasteiger partial charge in [-0.15, -0.1) is 11.3 Å². The molecule has 28 heavy (non-hydrogen) atoms. The lowest BCUT2D eigenvalue weighted by molar-refractivity contribution is -0.145. The fraction of sp³-hybridized carbons (Fsp3) is 0.524. The Balaban J connectivity index is 1.33. The number of piperidine rings is 1. The zero-order valence-electron chi connectivity index (χ0n) is 16.4. The summed E-state index contributed by atoms with van der Waals surface area (Å²) < 4.78 is 11.7. The first-order valence-corrected chi connectivity index (χ1v) is 10.7. The van der Waals surface area contributed by atoms with E-state index in [1.807, 2.05) is 5.38 Å². The molecule has 0 aliphatic carbocycles. The van der Waals surface area contributed by atoms with Crippen LogP contribution in [0.15, 0.2) is 29.6 Å².